The number of unbranched alkanes of at least 4 members (excludes halogenated alkanes) is 35. The maximum Gasteiger partial charge on any atom is 0.472 e. The van der Waals surface area contributed by atoms with Gasteiger partial charge in [-0.25, -0.2) is 9.13 Å². The van der Waals surface area contributed by atoms with Gasteiger partial charge in [0, 0.05) is 25.7 Å². The molecular formula is C66H128O17P2. The normalized spacial score (nSPS) is 14.2. The Labute approximate surface area is 517 Å². The largest absolute Gasteiger partial charge is 0.472 e. The van der Waals surface area contributed by atoms with Crippen LogP contribution in [0.25, 0.3) is 0 Å². The van der Waals surface area contributed by atoms with Crippen molar-refractivity contribution in [2.24, 2.45) is 11.8 Å². The van der Waals surface area contributed by atoms with E-state index in [9.17, 15) is 43.2 Å². The fourth-order valence-electron chi connectivity index (χ4n) is 9.88. The molecule has 0 spiro atoms. The third-order valence-corrected chi connectivity index (χ3v) is 17.1. The lowest BCUT2D eigenvalue weighted by atomic mass is 10.0. The summed E-state index contributed by atoms with van der Waals surface area (Å²) in [5, 5.41) is 10.5. The molecule has 0 amide bonds. The highest BCUT2D eigenvalue weighted by atomic mass is 31.2. The van der Waals surface area contributed by atoms with Crippen molar-refractivity contribution in [1.29, 1.82) is 0 Å². The van der Waals surface area contributed by atoms with E-state index in [1.54, 1.807) is 0 Å². The number of phosphoric ester groups is 2. The summed E-state index contributed by atoms with van der Waals surface area (Å²) in [6, 6.07) is 0. The SMILES string of the molecule is CCCCCCCCCCC(=O)O[C@H](COC(=O)CCCCCCCCC)COP(=O)(O)OC[C@H](O)COP(=O)(O)OC[C@@H](COC(=O)CCCCCCCCC(C)C)OC(=O)CCCCCCCCCCCCCCCCCCCCC(C)C. The molecule has 0 heterocycles. The van der Waals surface area contributed by atoms with Gasteiger partial charge in [-0.15, -0.1) is 0 Å². The third kappa shape index (κ3) is 60.7. The highest BCUT2D eigenvalue weighted by Gasteiger charge is 2.30. The van der Waals surface area contributed by atoms with Gasteiger partial charge in [0.15, 0.2) is 12.2 Å². The van der Waals surface area contributed by atoms with Gasteiger partial charge < -0.3 is 33.8 Å². The van der Waals surface area contributed by atoms with Crippen LogP contribution >= 0.6 is 15.6 Å². The predicted octanol–water partition coefficient (Wildman–Crippen LogP) is 18.4. The molecule has 85 heavy (non-hydrogen) atoms. The fourth-order valence-corrected chi connectivity index (χ4v) is 11.5. The molecule has 0 fully saturated rings. The molecule has 5 atom stereocenters. The minimum atomic E-state index is -4.94. The Morgan fingerprint density at radius 1 is 0.318 bits per heavy atom. The summed E-state index contributed by atoms with van der Waals surface area (Å²) in [4.78, 5) is 72.0. The Morgan fingerprint density at radius 2 is 0.541 bits per heavy atom. The van der Waals surface area contributed by atoms with Crippen molar-refractivity contribution in [1.82, 2.24) is 0 Å². The lowest BCUT2D eigenvalue weighted by Crippen LogP contribution is -2.30. The molecule has 0 aromatic carbocycles. The van der Waals surface area contributed by atoms with E-state index in [-0.39, 0.29) is 25.7 Å². The van der Waals surface area contributed by atoms with E-state index in [2.05, 4.69) is 41.5 Å². The smallest absolute Gasteiger partial charge is 0.462 e. The zero-order valence-corrected chi connectivity index (χ0v) is 56.7. The van der Waals surface area contributed by atoms with Crippen LogP contribution in [0.4, 0.5) is 0 Å². The number of rotatable bonds is 65. The van der Waals surface area contributed by atoms with Gasteiger partial charge in [0.05, 0.1) is 26.4 Å². The van der Waals surface area contributed by atoms with Gasteiger partial charge in [0.2, 0.25) is 0 Å². The maximum absolute atomic E-state index is 13.0. The average Bonchev–Trinajstić information content (AvgIpc) is 3.51. The number of aliphatic hydroxyl groups excluding tert-OH is 1. The van der Waals surface area contributed by atoms with E-state index in [4.69, 9.17) is 37.0 Å². The van der Waals surface area contributed by atoms with Crippen molar-refractivity contribution in [2.75, 3.05) is 39.6 Å². The monoisotopic (exact) mass is 1250 g/mol. The molecule has 3 N–H and O–H groups in total. The molecular weight excluding hydrogens is 1130 g/mol. The quantitative estimate of drug-likeness (QED) is 0.0222. The Hall–Kier alpha value is -1.94. The molecule has 19 heteroatoms. The summed E-state index contributed by atoms with van der Waals surface area (Å²) in [7, 11) is -9.88. The number of hydrogen-bond donors (Lipinski definition) is 3. The van der Waals surface area contributed by atoms with Gasteiger partial charge >= 0.3 is 39.5 Å². The molecule has 0 radical (unpaired) electrons. The topological polar surface area (TPSA) is 237 Å². The number of aliphatic hydroxyl groups is 1. The van der Waals surface area contributed by atoms with Crippen LogP contribution < -0.4 is 0 Å². The summed E-state index contributed by atoms with van der Waals surface area (Å²) in [5.41, 5.74) is 0. The van der Waals surface area contributed by atoms with Gasteiger partial charge in [0.25, 0.3) is 0 Å². The highest BCUT2D eigenvalue weighted by molar-refractivity contribution is 7.47. The third-order valence-electron chi connectivity index (χ3n) is 15.2. The highest BCUT2D eigenvalue weighted by Crippen LogP contribution is 2.45. The van der Waals surface area contributed by atoms with Crippen molar-refractivity contribution in [2.45, 2.75) is 349 Å². The molecule has 0 aromatic heterocycles. The molecule has 0 aliphatic rings. The Kier molecular flexibility index (Phi) is 57.1. The molecule has 0 saturated heterocycles. The lowest BCUT2D eigenvalue weighted by Gasteiger charge is -2.21. The van der Waals surface area contributed by atoms with Crippen LogP contribution in [0.2, 0.25) is 0 Å². The molecule has 2 unspecified atom stereocenters. The van der Waals surface area contributed by atoms with Crippen LogP contribution in [0.5, 0.6) is 0 Å². The van der Waals surface area contributed by atoms with Crippen LogP contribution in [0.15, 0.2) is 0 Å². The average molecular weight is 1260 g/mol. The minimum Gasteiger partial charge on any atom is -0.462 e. The number of hydrogen-bond acceptors (Lipinski definition) is 15. The van der Waals surface area contributed by atoms with Gasteiger partial charge in [-0.3, -0.25) is 37.3 Å². The number of ether oxygens (including phenoxy) is 4. The van der Waals surface area contributed by atoms with Gasteiger partial charge in [-0.05, 0) is 37.5 Å². The molecule has 0 aliphatic carbocycles. The second-order valence-corrected chi connectivity index (χ2v) is 27.7. The van der Waals surface area contributed by atoms with Crippen LogP contribution in [-0.4, -0.2) is 96.7 Å². The van der Waals surface area contributed by atoms with Crippen molar-refractivity contribution < 1.29 is 80.2 Å². The van der Waals surface area contributed by atoms with E-state index in [1.165, 1.54) is 122 Å². The summed E-state index contributed by atoms with van der Waals surface area (Å²) >= 11 is 0. The Morgan fingerprint density at radius 3 is 0.800 bits per heavy atom. The van der Waals surface area contributed by atoms with Crippen molar-refractivity contribution in [3.05, 3.63) is 0 Å². The van der Waals surface area contributed by atoms with Crippen LogP contribution in [0, 0.1) is 11.8 Å². The number of carbonyl (C=O) groups excluding carboxylic acids is 4. The number of phosphoric acid groups is 2. The van der Waals surface area contributed by atoms with Gasteiger partial charge in [-0.1, -0.05) is 279 Å². The first-order valence-corrected chi connectivity index (χ1v) is 37.5. The summed E-state index contributed by atoms with van der Waals surface area (Å²) in [6.45, 7) is 9.39. The van der Waals surface area contributed by atoms with E-state index in [0.29, 0.717) is 31.6 Å². The first kappa shape index (κ1) is 83.1. The van der Waals surface area contributed by atoms with E-state index in [1.807, 2.05) is 0 Å². The standard InChI is InChI=1S/C66H128O17P2/c1-7-9-11-13-15-30-38-44-50-65(70)82-61(54-76-63(68)48-42-36-28-14-12-10-8-2)56-80-84(72,73)78-52-60(67)53-79-85(74,75)81-57-62(55-77-64(69)49-43-37-33-32-35-41-47-59(5)6)83-66(71)51-45-39-31-27-25-23-21-19-17-16-18-20-22-24-26-29-34-40-46-58(3)4/h58-62,67H,7-57H2,1-6H3,(H,72,73)(H,74,75)/t60-,61+,62+/m0/s1. The number of carbonyl (C=O) groups is 4. The zero-order chi connectivity index (χ0) is 62.9. The van der Waals surface area contributed by atoms with Gasteiger partial charge in [-0.2, -0.15) is 0 Å². The van der Waals surface area contributed by atoms with Crippen LogP contribution in [-0.2, 0) is 65.4 Å². The molecule has 0 rings (SSSR count). The lowest BCUT2D eigenvalue weighted by molar-refractivity contribution is -0.161. The Bertz CT molecular complexity index is 1670. The first-order chi connectivity index (χ1) is 40.9. The predicted molar refractivity (Wildman–Crippen MR) is 340 cm³/mol. The molecule has 0 aliphatic heterocycles. The summed E-state index contributed by atoms with van der Waals surface area (Å²) in [5.74, 6) is -0.641. The van der Waals surface area contributed by atoms with Crippen LogP contribution in [0.3, 0.4) is 0 Å². The molecule has 0 bridgehead atoms. The molecule has 0 aromatic rings. The second-order valence-electron chi connectivity index (χ2n) is 24.8. The Balaban J connectivity index is 5.07. The van der Waals surface area contributed by atoms with E-state index >= 15 is 0 Å². The van der Waals surface area contributed by atoms with Crippen molar-refractivity contribution >= 4 is 39.5 Å². The van der Waals surface area contributed by atoms with Crippen LogP contribution in [0.1, 0.15) is 330 Å². The number of esters is 4. The zero-order valence-electron chi connectivity index (χ0n) is 54.9. The molecule has 17 nitrogen and oxygen atoms in total. The minimum absolute atomic E-state index is 0.104. The van der Waals surface area contributed by atoms with E-state index in [0.717, 1.165) is 121 Å². The fraction of sp³-hybridized carbons (Fsp3) is 0.939. The maximum atomic E-state index is 13.0. The van der Waals surface area contributed by atoms with E-state index < -0.39 is 97.5 Å². The second kappa shape index (κ2) is 58.4. The summed E-state index contributed by atoms with van der Waals surface area (Å²) in [6.07, 6.45) is 42.2. The molecule has 504 valence electrons. The summed E-state index contributed by atoms with van der Waals surface area (Å²) < 4.78 is 67.8. The molecule has 0 saturated carbocycles. The van der Waals surface area contributed by atoms with Crippen molar-refractivity contribution in [3.8, 4) is 0 Å². The van der Waals surface area contributed by atoms with Crippen molar-refractivity contribution in [3.63, 3.8) is 0 Å². The first-order valence-electron chi connectivity index (χ1n) is 34.5. The van der Waals surface area contributed by atoms with Gasteiger partial charge in [0.1, 0.15) is 19.3 Å².